The number of rotatable bonds is 7. The number of anilines is 1. The second kappa shape index (κ2) is 9.73. The lowest BCUT2D eigenvalue weighted by atomic mass is 9.90. The molecule has 0 saturated heterocycles. The van der Waals surface area contributed by atoms with Crippen LogP contribution < -0.4 is 15.6 Å². The number of hydrogen-bond acceptors (Lipinski definition) is 4. The van der Waals surface area contributed by atoms with Crippen molar-refractivity contribution in [2.24, 2.45) is 0 Å². The predicted molar refractivity (Wildman–Crippen MR) is 134 cm³/mol. The van der Waals surface area contributed by atoms with Crippen LogP contribution in [0, 0.1) is 0 Å². The van der Waals surface area contributed by atoms with E-state index in [4.69, 9.17) is 4.74 Å². The normalized spacial score (nSPS) is 13.0. The third kappa shape index (κ3) is 4.88. The van der Waals surface area contributed by atoms with E-state index in [2.05, 4.69) is 10.4 Å². The maximum atomic E-state index is 13.7. The van der Waals surface area contributed by atoms with Gasteiger partial charge in [-0.25, -0.2) is 13.5 Å². The minimum atomic E-state index is -3.00. The summed E-state index contributed by atoms with van der Waals surface area (Å²) in [5.41, 5.74) is -0.198. The molecule has 184 valence electrons. The molecule has 8 heteroatoms. The summed E-state index contributed by atoms with van der Waals surface area (Å²) in [6.07, 6.45) is 0. The number of halogens is 2. The highest BCUT2D eigenvalue weighted by molar-refractivity contribution is 5.98. The fourth-order valence-corrected chi connectivity index (χ4v) is 3.88. The number of carbonyl (C=O) groups is 1. The Hall–Kier alpha value is -4.33. The summed E-state index contributed by atoms with van der Waals surface area (Å²) in [5, 5.41) is 7.32. The molecule has 0 aliphatic heterocycles. The monoisotopic (exact) mass is 489 g/mol. The van der Waals surface area contributed by atoms with E-state index in [1.165, 1.54) is 30.3 Å². The number of carbonyl (C=O) groups excluding carboxylic acids is 1. The van der Waals surface area contributed by atoms with Crippen molar-refractivity contribution in [1.82, 2.24) is 9.78 Å². The van der Waals surface area contributed by atoms with E-state index in [0.29, 0.717) is 28.3 Å². The molecule has 0 aliphatic rings. The molecule has 0 radical (unpaired) electrons. The van der Waals surface area contributed by atoms with Gasteiger partial charge in [0.1, 0.15) is 5.75 Å². The zero-order valence-electron chi connectivity index (χ0n) is 20.0. The van der Waals surface area contributed by atoms with Crippen LogP contribution in [0.3, 0.4) is 0 Å². The standard InChI is InChI=1S/C28H25F2N3O3/c1-27(20-9-5-4-6-10-20,26(35)31-22-14-12-21(13-15-22)28(2,29)30)33-25(34)17-16-24(32-33)19-8-7-11-23(18-19)36-3/h4-18H,1-3H3,(H,31,35). The Bertz CT molecular complexity index is 1430. The third-order valence-electron chi connectivity index (χ3n) is 6.02. The highest BCUT2D eigenvalue weighted by Crippen LogP contribution is 2.30. The quantitative estimate of drug-likeness (QED) is 0.376. The third-order valence-corrected chi connectivity index (χ3v) is 6.02. The Balaban J connectivity index is 1.80. The van der Waals surface area contributed by atoms with Crippen LogP contribution in [0.5, 0.6) is 5.75 Å². The lowest BCUT2D eigenvalue weighted by molar-refractivity contribution is -0.122. The maximum absolute atomic E-state index is 13.7. The van der Waals surface area contributed by atoms with E-state index in [-0.39, 0.29) is 5.56 Å². The van der Waals surface area contributed by atoms with Gasteiger partial charge in [-0.05, 0) is 42.8 Å². The summed E-state index contributed by atoms with van der Waals surface area (Å²) in [6, 6.07) is 24.2. The first-order valence-electron chi connectivity index (χ1n) is 11.2. The molecule has 1 aromatic heterocycles. The second-order valence-electron chi connectivity index (χ2n) is 8.56. The molecule has 1 N–H and O–H groups in total. The van der Waals surface area contributed by atoms with Gasteiger partial charge in [0.2, 0.25) is 0 Å². The molecule has 36 heavy (non-hydrogen) atoms. The molecule has 0 saturated carbocycles. The van der Waals surface area contributed by atoms with Gasteiger partial charge in [0.05, 0.1) is 12.8 Å². The molecule has 0 aliphatic carbocycles. The van der Waals surface area contributed by atoms with Gasteiger partial charge in [-0.1, -0.05) is 54.6 Å². The zero-order chi connectivity index (χ0) is 25.9. The molecule has 3 aromatic carbocycles. The van der Waals surface area contributed by atoms with Crippen LogP contribution in [0.1, 0.15) is 25.0 Å². The van der Waals surface area contributed by atoms with Crippen LogP contribution in [-0.2, 0) is 16.3 Å². The minimum Gasteiger partial charge on any atom is -0.497 e. The van der Waals surface area contributed by atoms with E-state index in [9.17, 15) is 18.4 Å². The molecule has 6 nitrogen and oxygen atoms in total. The molecule has 4 aromatic rings. The van der Waals surface area contributed by atoms with Crippen molar-refractivity contribution in [3.8, 4) is 17.0 Å². The second-order valence-corrected chi connectivity index (χ2v) is 8.56. The first kappa shape index (κ1) is 24.8. The number of nitrogens with one attached hydrogen (secondary N) is 1. The average molecular weight is 490 g/mol. The first-order valence-corrected chi connectivity index (χ1v) is 11.2. The number of hydrogen-bond donors (Lipinski definition) is 1. The molecule has 4 rings (SSSR count). The van der Waals surface area contributed by atoms with Crippen LogP contribution in [0.15, 0.2) is 95.8 Å². The van der Waals surface area contributed by atoms with E-state index in [1.54, 1.807) is 68.6 Å². The predicted octanol–water partition coefficient (Wildman–Crippen LogP) is 5.43. The lowest BCUT2D eigenvalue weighted by Crippen LogP contribution is -2.50. The average Bonchev–Trinajstić information content (AvgIpc) is 2.88. The zero-order valence-corrected chi connectivity index (χ0v) is 20.0. The Morgan fingerprint density at radius 2 is 1.58 bits per heavy atom. The smallest absolute Gasteiger partial charge is 0.270 e. The maximum Gasteiger partial charge on any atom is 0.270 e. The van der Waals surface area contributed by atoms with Gasteiger partial charge < -0.3 is 10.1 Å². The minimum absolute atomic E-state index is 0.171. The number of ether oxygens (including phenoxy) is 1. The summed E-state index contributed by atoms with van der Waals surface area (Å²) in [4.78, 5) is 26.8. The van der Waals surface area contributed by atoms with Crippen LogP contribution in [0.4, 0.5) is 14.5 Å². The molecule has 0 spiro atoms. The summed E-state index contributed by atoms with van der Waals surface area (Å²) in [6.45, 7) is 2.40. The Kier molecular flexibility index (Phi) is 6.70. The molecule has 1 heterocycles. The van der Waals surface area contributed by atoms with Gasteiger partial charge in [0.15, 0.2) is 5.54 Å². The summed E-state index contributed by atoms with van der Waals surface area (Å²) in [5.74, 6) is -2.93. The molecule has 1 unspecified atom stereocenters. The van der Waals surface area contributed by atoms with Crippen molar-refractivity contribution >= 4 is 11.6 Å². The van der Waals surface area contributed by atoms with Crippen molar-refractivity contribution in [3.63, 3.8) is 0 Å². The topological polar surface area (TPSA) is 73.2 Å². The highest BCUT2D eigenvalue weighted by Gasteiger charge is 2.39. The number of aromatic nitrogens is 2. The number of amides is 1. The van der Waals surface area contributed by atoms with Crippen molar-refractivity contribution in [1.29, 1.82) is 0 Å². The largest absolute Gasteiger partial charge is 0.497 e. The van der Waals surface area contributed by atoms with E-state index >= 15 is 0 Å². The SMILES string of the molecule is COc1cccc(-c2ccc(=O)n(C(C)(C(=O)Nc3ccc(C(C)(F)F)cc3)c3ccccc3)n2)c1. The number of benzene rings is 3. The first-order chi connectivity index (χ1) is 17.1. The number of nitrogens with zero attached hydrogens (tertiary/aromatic N) is 2. The molecular formula is C28H25F2N3O3. The van der Waals surface area contributed by atoms with Crippen LogP contribution in [0.25, 0.3) is 11.3 Å². The highest BCUT2D eigenvalue weighted by atomic mass is 19.3. The van der Waals surface area contributed by atoms with Gasteiger partial charge in [0.25, 0.3) is 17.4 Å². The summed E-state index contributed by atoms with van der Waals surface area (Å²) >= 11 is 0. The van der Waals surface area contributed by atoms with Crippen molar-refractivity contribution in [2.45, 2.75) is 25.3 Å². The van der Waals surface area contributed by atoms with Crippen molar-refractivity contribution in [3.05, 3.63) is 112 Å². The van der Waals surface area contributed by atoms with Crippen LogP contribution in [0.2, 0.25) is 0 Å². The Morgan fingerprint density at radius 3 is 2.22 bits per heavy atom. The number of methoxy groups -OCH3 is 1. The van der Waals surface area contributed by atoms with Crippen LogP contribution in [-0.4, -0.2) is 22.8 Å². The van der Waals surface area contributed by atoms with Crippen molar-refractivity contribution < 1.29 is 18.3 Å². The molecule has 1 atom stereocenters. The molecular weight excluding hydrogens is 464 g/mol. The van der Waals surface area contributed by atoms with Crippen molar-refractivity contribution in [2.75, 3.05) is 12.4 Å². The van der Waals surface area contributed by atoms with E-state index < -0.39 is 22.9 Å². The van der Waals surface area contributed by atoms with Crippen LogP contribution >= 0.6 is 0 Å². The molecule has 0 fully saturated rings. The van der Waals surface area contributed by atoms with Gasteiger partial charge in [-0.2, -0.15) is 5.10 Å². The summed E-state index contributed by atoms with van der Waals surface area (Å²) in [7, 11) is 1.55. The van der Waals surface area contributed by atoms with Gasteiger partial charge in [-0.15, -0.1) is 0 Å². The lowest BCUT2D eigenvalue weighted by Gasteiger charge is -2.30. The van der Waals surface area contributed by atoms with Gasteiger partial charge in [0, 0.05) is 29.8 Å². The Labute approximate surface area is 207 Å². The summed E-state index contributed by atoms with van der Waals surface area (Å²) < 4.78 is 33.7. The van der Waals surface area contributed by atoms with Gasteiger partial charge >= 0.3 is 0 Å². The van der Waals surface area contributed by atoms with Gasteiger partial charge in [-0.3, -0.25) is 9.59 Å². The van der Waals surface area contributed by atoms with E-state index in [1.807, 2.05) is 6.07 Å². The Morgan fingerprint density at radius 1 is 0.889 bits per heavy atom. The fourth-order valence-electron chi connectivity index (χ4n) is 3.88. The molecule has 0 bridgehead atoms. The fraction of sp³-hybridized carbons (Fsp3) is 0.179. The molecule has 1 amide bonds. The number of alkyl halides is 2. The van der Waals surface area contributed by atoms with E-state index in [0.717, 1.165) is 11.6 Å².